The van der Waals surface area contributed by atoms with E-state index in [1.54, 1.807) is 0 Å². The van der Waals surface area contributed by atoms with Gasteiger partial charge < -0.3 is 9.42 Å². The second-order valence-electron chi connectivity index (χ2n) is 7.61. The van der Waals surface area contributed by atoms with Crippen LogP contribution < -0.4 is 0 Å². The highest BCUT2D eigenvalue weighted by atomic mass is 16.5. The molecule has 1 aromatic carbocycles. The average molecular weight is 380 g/mol. The predicted octanol–water partition coefficient (Wildman–Crippen LogP) is 3.24. The molecular weight excluding hydrogens is 356 g/mol. The average Bonchev–Trinajstić information content (AvgIpc) is 3.38. The molecule has 0 aliphatic carbocycles. The van der Waals surface area contributed by atoms with Gasteiger partial charge in [0.15, 0.2) is 11.5 Å². The van der Waals surface area contributed by atoms with E-state index in [1.807, 2.05) is 60.8 Å². The molecule has 1 aliphatic rings. The lowest BCUT2D eigenvalue weighted by Crippen LogP contribution is -2.40. The number of aromatic nitrogens is 5. The Labute approximate surface area is 163 Å². The topological polar surface area (TPSA) is 89.9 Å². The van der Waals surface area contributed by atoms with Crippen LogP contribution in [-0.4, -0.2) is 49.0 Å². The van der Waals surface area contributed by atoms with Gasteiger partial charge in [-0.2, -0.15) is 4.98 Å². The Morgan fingerprint density at radius 1 is 1.25 bits per heavy atom. The molecule has 0 bridgehead atoms. The van der Waals surface area contributed by atoms with E-state index in [9.17, 15) is 4.79 Å². The van der Waals surface area contributed by atoms with Crippen LogP contribution in [0.1, 0.15) is 60.4 Å². The maximum absolute atomic E-state index is 12.8. The SMILES string of the molecule is Cc1ccc(C(=O)N2CCC[C@H](n3cc(-c4nc(C(C)C)no4)nn3)C2)cc1. The van der Waals surface area contributed by atoms with Gasteiger partial charge in [-0.25, -0.2) is 4.68 Å². The molecule has 0 unspecified atom stereocenters. The third kappa shape index (κ3) is 3.67. The molecule has 1 aliphatic heterocycles. The summed E-state index contributed by atoms with van der Waals surface area (Å²) in [7, 11) is 0. The standard InChI is InChI=1S/C20H24N6O2/c1-13(2)18-21-19(28-23-18)17-12-26(24-22-17)16-5-4-10-25(11-16)20(27)15-8-6-14(3)7-9-15/h6-9,12-13,16H,4-5,10-11H2,1-3H3/t16-/m0/s1. The molecule has 0 saturated carbocycles. The van der Waals surface area contributed by atoms with Gasteiger partial charge in [0.2, 0.25) is 0 Å². The van der Waals surface area contributed by atoms with E-state index >= 15 is 0 Å². The van der Waals surface area contributed by atoms with Gasteiger partial charge in [-0.15, -0.1) is 5.10 Å². The van der Waals surface area contributed by atoms with Gasteiger partial charge in [-0.05, 0) is 31.9 Å². The smallest absolute Gasteiger partial charge is 0.280 e. The first-order valence-electron chi connectivity index (χ1n) is 9.63. The molecule has 1 amide bonds. The number of rotatable bonds is 4. The summed E-state index contributed by atoms with van der Waals surface area (Å²) in [5, 5.41) is 12.4. The van der Waals surface area contributed by atoms with E-state index in [-0.39, 0.29) is 17.9 Å². The van der Waals surface area contributed by atoms with Gasteiger partial charge >= 0.3 is 0 Å². The molecule has 0 radical (unpaired) electrons. The van der Waals surface area contributed by atoms with Gasteiger partial charge in [0, 0.05) is 24.6 Å². The van der Waals surface area contributed by atoms with Crippen molar-refractivity contribution in [3.05, 3.63) is 47.4 Å². The number of piperidine rings is 1. The number of aryl methyl sites for hydroxylation is 1. The van der Waals surface area contributed by atoms with Crippen LogP contribution in [0.2, 0.25) is 0 Å². The third-order valence-corrected chi connectivity index (χ3v) is 5.04. The summed E-state index contributed by atoms with van der Waals surface area (Å²) in [4.78, 5) is 19.1. The molecule has 8 heteroatoms. The Balaban J connectivity index is 1.48. The first-order valence-corrected chi connectivity index (χ1v) is 9.63. The van der Waals surface area contributed by atoms with Crippen molar-refractivity contribution in [3.63, 3.8) is 0 Å². The van der Waals surface area contributed by atoms with Crippen molar-refractivity contribution in [1.82, 2.24) is 30.0 Å². The number of carbonyl (C=O) groups excluding carboxylic acids is 1. The van der Waals surface area contributed by atoms with Gasteiger partial charge in [-0.1, -0.05) is 41.9 Å². The fraction of sp³-hybridized carbons (Fsp3) is 0.450. The molecule has 1 saturated heterocycles. The zero-order chi connectivity index (χ0) is 19.7. The molecule has 1 atom stereocenters. The summed E-state index contributed by atoms with van der Waals surface area (Å²) in [5.74, 6) is 1.27. The van der Waals surface area contributed by atoms with Gasteiger partial charge in [-0.3, -0.25) is 4.79 Å². The minimum atomic E-state index is 0.0588. The molecule has 1 fully saturated rings. The number of carbonyl (C=O) groups is 1. The minimum absolute atomic E-state index is 0.0588. The molecule has 0 N–H and O–H groups in total. The molecule has 3 aromatic rings. The minimum Gasteiger partial charge on any atom is -0.337 e. The van der Waals surface area contributed by atoms with Crippen molar-refractivity contribution >= 4 is 5.91 Å². The van der Waals surface area contributed by atoms with Gasteiger partial charge in [0.1, 0.15) is 0 Å². The highest BCUT2D eigenvalue weighted by Crippen LogP contribution is 2.24. The fourth-order valence-electron chi connectivity index (χ4n) is 3.36. The molecule has 3 heterocycles. The Kier molecular flexibility index (Phi) is 4.93. The highest BCUT2D eigenvalue weighted by molar-refractivity contribution is 5.94. The zero-order valence-corrected chi connectivity index (χ0v) is 16.4. The van der Waals surface area contributed by atoms with Gasteiger partial charge in [0.25, 0.3) is 11.8 Å². The summed E-state index contributed by atoms with van der Waals surface area (Å²) >= 11 is 0. The lowest BCUT2D eigenvalue weighted by Gasteiger charge is -2.32. The predicted molar refractivity (Wildman–Crippen MR) is 103 cm³/mol. The monoisotopic (exact) mass is 380 g/mol. The Morgan fingerprint density at radius 3 is 2.75 bits per heavy atom. The van der Waals surface area contributed by atoms with Crippen molar-refractivity contribution in [1.29, 1.82) is 0 Å². The zero-order valence-electron chi connectivity index (χ0n) is 16.4. The largest absolute Gasteiger partial charge is 0.337 e. The maximum atomic E-state index is 12.8. The number of hydrogen-bond acceptors (Lipinski definition) is 6. The molecule has 8 nitrogen and oxygen atoms in total. The number of likely N-dealkylation sites (tertiary alicyclic amines) is 1. The van der Waals surface area contributed by atoms with E-state index in [0.717, 1.165) is 30.5 Å². The quantitative estimate of drug-likeness (QED) is 0.690. The molecule has 28 heavy (non-hydrogen) atoms. The second-order valence-corrected chi connectivity index (χ2v) is 7.61. The Bertz CT molecular complexity index is 959. The number of amides is 1. The highest BCUT2D eigenvalue weighted by Gasteiger charge is 2.27. The van der Waals surface area contributed by atoms with Crippen molar-refractivity contribution in [2.75, 3.05) is 13.1 Å². The lowest BCUT2D eigenvalue weighted by molar-refractivity contribution is 0.0672. The number of benzene rings is 1. The van der Waals surface area contributed by atoms with E-state index in [0.29, 0.717) is 24.0 Å². The van der Waals surface area contributed by atoms with Crippen molar-refractivity contribution in [2.24, 2.45) is 0 Å². The lowest BCUT2D eigenvalue weighted by atomic mass is 10.0. The molecular formula is C20H24N6O2. The van der Waals surface area contributed by atoms with Gasteiger partial charge in [0.05, 0.1) is 12.2 Å². The van der Waals surface area contributed by atoms with Crippen LogP contribution in [-0.2, 0) is 0 Å². The second kappa shape index (κ2) is 7.53. The third-order valence-electron chi connectivity index (χ3n) is 5.04. The summed E-state index contributed by atoms with van der Waals surface area (Å²) in [6.45, 7) is 7.39. The van der Waals surface area contributed by atoms with E-state index in [2.05, 4.69) is 20.5 Å². The summed E-state index contributed by atoms with van der Waals surface area (Å²) < 4.78 is 7.11. The number of hydrogen-bond donors (Lipinski definition) is 0. The Hall–Kier alpha value is -3.03. The molecule has 4 rings (SSSR count). The van der Waals surface area contributed by atoms with E-state index < -0.39 is 0 Å². The maximum Gasteiger partial charge on any atom is 0.280 e. The van der Waals surface area contributed by atoms with E-state index in [1.165, 1.54) is 0 Å². The fourth-order valence-corrected chi connectivity index (χ4v) is 3.36. The molecule has 146 valence electrons. The summed E-state index contributed by atoms with van der Waals surface area (Å²) in [6, 6.07) is 7.78. The van der Waals surface area contributed by atoms with Crippen molar-refractivity contribution < 1.29 is 9.32 Å². The Morgan fingerprint density at radius 2 is 2.04 bits per heavy atom. The van der Waals surface area contributed by atoms with Crippen molar-refractivity contribution in [2.45, 2.75) is 45.6 Å². The first kappa shape index (κ1) is 18.3. The molecule has 0 spiro atoms. The van der Waals surface area contributed by atoms with Crippen LogP contribution in [0, 0.1) is 6.92 Å². The summed E-state index contributed by atoms with van der Waals surface area (Å²) in [5.41, 5.74) is 2.42. The van der Waals surface area contributed by atoms with Crippen LogP contribution >= 0.6 is 0 Å². The number of nitrogens with zero attached hydrogens (tertiary/aromatic N) is 6. The van der Waals surface area contributed by atoms with Crippen molar-refractivity contribution in [3.8, 4) is 11.6 Å². The normalized spacial score (nSPS) is 17.3. The summed E-state index contributed by atoms with van der Waals surface area (Å²) in [6.07, 6.45) is 3.69. The first-order chi connectivity index (χ1) is 13.5. The van der Waals surface area contributed by atoms with Crippen LogP contribution in [0.3, 0.4) is 0 Å². The van der Waals surface area contributed by atoms with Crippen LogP contribution in [0.25, 0.3) is 11.6 Å². The van der Waals surface area contributed by atoms with Crippen LogP contribution in [0.15, 0.2) is 35.0 Å². The molecule has 2 aromatic heterocycles. The van der Waals surface area contributed by atoms with Crippen LogP contribution in [0.4, 0.5) is 0 Å². The van der Waals surface area contributed by atoms with Crippen LogP contribution in [0.5, 0.6) is 0 Å². The van der Waals surface area contributed by atoms with E-state index in [4.69, 9.17) is 4.52 Å².